The highest BCUT2D eigenvalue weighted by Crippen LogP contribution is 2.08. The third kappa shape index (κ3) is 5.72. The summed E-state index contributed by atoms with van der Waals surface area (Å²) in [5.41, 5.74) is 0. The lowest BCUT2D eigenvalue weighted by atomic mass is 10.0. The van der Waals surface area contributed by atoms with Crippen molar-refractivity contribution in [1.29, 1.82) is 0 Å². The Morgan fingerprint density at radius 1 is 0.895 bits per heavy atom. The van der Waals surface area contributed by atoms with Crippen molar-refractivity contribution in [2.45, 2.75) is 46.6 Å². The average Bonchev–Trinajstić information content (AvgIpc) is 2.37. The minimum Gasteiger partial charge on any atom is -0.464 e. The van der Waals surface area contributed by atoms with E-state index in [9.17, 15) is 14.4 Å². The van der Waals surface area contributed by atoms with Crippen LogP contribution in [0.1, 0.15) is 40.5 Å². The van der Waals surface area contributed by atoms with Crippen LogP contribution < -0.4 is 5.32 Å². The summed E-state index contributed by atoms with van der Waals surface area (Å²) in [6.45, 7) is 7.27. The van der Waals surface area contributed by atoms with Crippen molar-refractivity contribution in [3.8, 4) is 0 Å². The second kappa shape index (κ2) is 9.35. The standard InChI is InChI=1S/C13H23NO5/c1-5-9(6-2)11(15)14-10(12(16)18-7-3)13(17)19-8-4/h9-10H,5-8H2,1-4H3,(H,14,15). The maximum atomic E-state index is 11.9. The fourth-order valence-corrected chi connectivity index (χ4v) is 1.58. The molecule has 0 saturated heterocycles. The van der Waals surface area contributed by atoms with Crippen molar-refractivity contribution in [2.75, 3.05) is 13.2 Å². The van der Waals surface area contributed by atoms with Gasteiger partial charge in [-0.1, -0.05) is 13.8 Å². The summed E-state index contributed by atoms with van der Waals surface area (Å²) >= 11 is 0. The van der Waals surface area contributed by atoms with Gasteiger partial charge in [-0.05, 0) is 26.7 Å². The molecule has 0 aliphatic rings. The number of carbonyl (C=O) groups excluding carboxylic acids is 3. The van der Waals surface area contributed by atoms with Crippen molar-refractivity contribution >= 4 is 17.8 Å². The van der Waals surface area contributed by atoms with Gasteiger partial charge in [-0.25, -0.2) is 9.59 Å². The molecule has 1 amide bonds. The van der Waals surface area contributed by atoms with Crippen molar-refractivity contribution in [3.05, 3.63) is 0 Å². The van der Waals surface area contributed by atoms with Crippen LogP contribution >= 0.6 is 0 Å². The highest BCUT2D eigenvalue weighted by molar-refractivity contribution is 6.02. The number of hydrogen-bond acceptors (Lipinski definition) is 5. The quantitative estimate of drug-likeness (QED) is 0.527. The predicted molar refractivity (Wildman–Crippen MR) is 69.3 cm³/mol. The monoisotopic (exact) mass is 273 g/mol. The minimum absolute atomic E-state index is 0.135. The molecule has 0 fully saturated rings. The first kappa shape index (κ1) is 17.4. The van der Waals surface area contributed by atoms with Gasteiger partial charge < -0.3 is 14.8 Å². The van der Waals surface area contributed by atoms with Crippen molar-refractivity contribution in [3.63, 3.8) is 0 Å². The minimum atomic E-state index is -1.38. The van der Waals surface area contributed by atoms with Crippen LogP contribution in [0.4, 0.5) is 0 Å². The summed E-state index contributed by atoms with van der Waals surface area (Å²) in [5, 5.41) is 2.40. The Kier molecular flexibility index (Phi) is 8.57. The van der Waals surface area contributed by atoms with E-state index in [2.05, 4.69) is 5.32 Å². The molecule has 6 heteroatoms. The van der Waals surface area contributed by atoms with E-state index in [0.29, 0.717) is 12.8 Å². The van der Waals surface area contributed by atoms with Gasteiger partial charge in [0.05, 0.1) is 13.2 Å². The molecule has 0 aromatic carbocycles. The molecule has 0 atom stereocenters. The first-order chi connectivity index (χ1) is 9.01. The fraction of sp³-hybridized carbons (Fsp3) is 0.769. The molecule has 0 aromatic heterocycles. The molecule has 6 nitrogen and oxygen atoms in total. The molecule has 0 radical (unpaired) electrons. The van der Waals surface area contributed by atoms with Crippen LogP contribution in [0, 0.1) is 5.92 Å². The maximum absolute atomic E-state index is 11.9. The van der Waals surface area contributed by atoms with Gasteiger partial charge >= 0.3 is 11.9 Å². The van der Waals surface area contributed by atoms with Gasteiger partial charge in [0.1, 0.15) is 0 Å². The van der Waals surface area contributed by atoms with Gasteiger partial charge in [-0.3, -0.25) is 4.79 Å². The second-order valence-corrected chi connectivity index (χ2v) is 3.96. The van der Waals surface area contributed by atoms with Crippen LogP contribution in [0.25, 0.3) is 0 Å². The van der Waals surface area contributed by atoms with Crippen LogP contribution in [0.2, 0.25) is 0 Å². The van der Waals surface area contributed by atoms with E-state index in [1.165, 1.54) is 0 Å². The topological polar surface area (TPSA) is 81.7 Å². The highest BCUT2D eigenvalue weighted by atomic mass is 16.6. The third-order valence-corrected chi connectivity index (χ3v) is 2.69. The molecule has 0 bridgehead atoms. The molecule has 110 valence electrons. The molecule has 0 spiro atoms. The van der Waals surface area contributed by atoms with Gasteiger partial charge in [0.2, 0.25) is 11.9 Å². The van der Waals surface area contributed by atoms with Crippen LogP contribution in [-0.4, -0.2) is 37.1 Å². The first-order valence-electron chi connectivity index (χ1n) is 6.65. The lowest BCUT2D eigenvalue weighted by Crippen LogP contribution is -2.50. The number of carbonyl (C=O) groups is 3. The van der Waals surface area contributed by atoms with Crippen molar-refractivity contribution in [2.24, 2.45) is 5.92 Å². The number of nitrogens with one attached hydrogen (secondary N) is 1. The van der Waals surface area contributed by atoms with E-state index < -0.39 is 18.0 Å². The summed E-state index contributed by atoms with van der Waals surface area (Å²) in [6, 6.07) is -1.38. The Morgan fingerprint density at radius 3 is 1.63 bits per heavy atom. The molecule has 1 N–H and O–H groups in total. The number of hydrogen-bond donors (Lipinski definition) is 1. The SMILES string of the molecule is CCOC(=O)C(NC(=O)C(CC)CC)C(=O)OCC. The van der Waals surface area contributed by atoms with E-state index in [-0.39, 0.29) is 25.0 Å². The molecule has 0 heterocycles. The molecule has 0 aliphatic heterocycles. The third-order valence-electron chi connectivity index (χ3n) is 2.69. The van der Waals surface area contributed by atoms with E-state index in [1.807, 2.05) is 13.8 Å². The number of amides is 1. The number of esters is 2. The molecule has 19 heavy (non-hydrogen) atoms. The molecule has 0 unspecified atom stereocenters. The van der Waals surface area contributed by atoms with E-state index in [0.717, 1.165) is 0 Å². The van der Waals surface area contributed by atoms with Crippen LogP contribution in [-0.2, 0) is 23.9 Å². The molecule has 0 saturated carbocycles. The number of ether oxygens (including phenoxy) is 2. The molecule has 0 aliphatic carbocycles. The summed E-state index contributed by atoms with van der Waals surface area (Å²) < 4.78 is 9.53. The van der Waals surface area contributed by atoms with Gasteiger partial charge in [-0.15, -0.1) is 0 Å². The van der Waals surface area contributed by atoms with Gasteiger partial charge in [0.15, 0.2) is 0 Å². The molecular formula is C13H23NO5. The first-order valence-corrected chi connectivity index (χ1v) is 6.65. The lowest BCUT2D eigenvalue weighted by molar-refractivity contribution is -0.160. The zero-order valence-corrected chi connectivity index (χ0v) is 12.0. The largest absolute Gasteiger partial charge is 0.464 e. The lowest BCUT2D eigenvalue weighted by Gasteiger charge is -2.19. The Bertz CT molecular complexity index is 294. The normalized spacial score (nSPS) is 10.4. The zero-order chi connectivity index (χ0) is 14.8. The average molecular weight is 273 g/mol. The number of rotatable bonds is 8. The summed E-state index contributed by atoms with van der Waals surface area (Å²) in [4.78, 5) is 35.2. The fourth-order valence-electron chi connectivity index (χ4n) is 1.58. The van der Waals surface area contributed by atoms with Crippen molar-refractivity contribution in [1.82, 2.24) is 5.32 Å². The van der Waals surface area contributed by atoms with Crippen LogP contribution in [0.15, 0.2) is 0 Å². The zero-order valence-electron chi connectivity index (χ0n) is 12.0. The van der Waals surface area contributed by atoms with Gasteiger partial charge in [-0.2, -0.15) is 0 Å². The second-order valence-electron chi connectivity index (χ2n) is 3.96. The van der Waals surface area contributed by atoms with Gasteiger partial charge in [0.25, 0.3) is 0 Å². The molecular weight excluding hydrogens is 250 g/mol. The van der Waals surface area contributed by atoms with E-state index >= 15 is 0 Å². The molecule has 0 rings (SSSR count). The summed E-state index contributed by atoms with van der Waals surface area (Å²) in [6.07, 6.45) is 1.28. The van der Waals surface area contributed by atoms with E-state index in [1.54, 1.807) is 13.8 Å². The maximum Gasteiger partial charge on any atom is 0.340 e. The predicted octanol–water partition coefficient (Wildman–Crippen LogP) is 1.03. The summed E-state index contributed by atoms with van der Waals surface area (Å²) in [5.74, 6) is -2.15. The summed E-state index contributed by atoms with van der Waals surface area (Å²) in [7, 11) is 0. The van der Waals surface area contributed by atoms with E-state index in [4.69, 9.17) is 9.47 Å². The molecule has 0 aromatic rings. The van der Waals surface area contributed by atoms with Gasteiger partial charge in [0, 0.05) is 5.92 Å². The Morgan fingerprint density at radius 2 is 1.32 bits per heavy atom. The Balaban J connectivity index is 4.79. The van der Waals surface area contributed by atoms with Crippen LogP contribution in [0.3, 0.4) is 0 Å². The Hall–Kier alpha value is -1.59. The Labute approximate surface area is 113 Å². The van der Waals surface area contributed by atoms with Crippen molar-refractivity contribution < 1.29 is 23.9 Å². The van der Waals surface area contributed by atoms with Crippen LogP contribution in [0.5, 0.6) is 0 Å². The highest BCUT2D eigenvalue weighted by Gasteiger charge is 2.32. The smallest absolute Gasteiger partial charge is 0.340 e.